The maximum absolute atomic E-state index is 13.2. The topological polar surface area (TPSA) is 42.8 Å². The van der Waals surface area contributed by atoms with Gasteiger partial charge in [0.25, 0.3) is 0 Å². The molecule has 0 radical (unpaired) electrons. The fourth-order valence-electron chi connectivity index (χ4n) is 1.97. The minimum atomic E-state index is -4.54. The number of anilines is 1. The van der Waals surface area contributed by atoms with Crippen molar-refractivity contribution in [3.05, 3.63) is 36.0 Å². The Morgan fingerprint density at radius 3 is 2.48 bits per heavy atom. The largest absolute Gasteiger partial charge is 0.497 e. The fraction of sp³-hybridized carbons (Fsp3) is 0.438. The zero-order valence-electron chi connectivity index (χ0n) is 13.1. The SMILES string of the molecule is COc1ccc(N/C(=C\C2=N[C@@H](C(C)C)CO2)C(F)(F)F)cc1. The second kappa shape index (κ2) is 6.93. The molecule has 23 heavy (non-hydrogen) atoms. The van der Waals surface area contributed by atoms with Gasteiger partial charge in [0.2, 0.25) is 5.90 Å². The molecule has 1 aromatic rings. The Morgan fingerprint density at radius 1 is 1.35 bits per heavy atom. The van der Waals surface area contributed by atoms with Gasteiger partial charge in [-0.05, 0) is 30.2 Å². The lowest BCUT2D eigenvalue weighted by Crippen LogP contribution is -2.20. The van der Waals surface area contributed by atoms with E-state index < -0.39 is 11.9 Å². The summed E-state index contributed by atoms with van der Waals surface area (Å²) in [5.74, 6) is 0.776. The second-order valence-electron chi connectivity index (χ2n) is 5.50. The smallest absolute Gasteiger partial charge is 0.431 e. The summed E-state index contributed by atoms with van der Waals surface area (Å²) in [4.78, 5) is 4.17. The first-order valence-corrected chi connectivity index (χ1v) is 7.20. The Bertz CT molecular complexity index is 592. The van der Waals surface area contributed by atoms with E-state index in [0.717, 1.165) is 6.08 Å². The van der Waals surface area contributed by atoms with Crippen LogP contribution in [-0.2, 0) is 4.74 Å². The van der Waals surface area contributed by atoms with Crippen molar-refractivity contribution in [1.82, 2.24) is 0 Å². The number of rotatable bonds is 5. The monoisotopic (exact) mass is 328 g/mol. The summed E-state index contributed by atoms with van der Waals surface area (Å²) in [6.07, 6.45) is -3.64. The number of nitrogens with one attached hydrogen (secondary N) is 1. The number of nitrogens with zero attached hydrogens (tertiary/aromatic N) is 1. The van der Waals surface area contributed by atoms with Crippen molar-refractivity contribution in [3.8, 4) is 5.75 Å². The highest BCUT2D eigenvalue weighted by Gasteiger charge is 2.35. The molecule has 0 spiro atoms. The molecule has 1 N–H and O–H groups in total. The Hall–Kier alpha value is -2.18. The number of aliphatic imine (C=N–C) groups is 1. The van der Waals surface area contributed by atoms with Crippen LogP contribution in [0.4, 0.5) is 18.9 Å². The molecule has 126 valence electrons. The van der Waals surface area contributed by atoms with Crippen molar-refractivity contribution in [2.45, 2.75) is 26.1 Å². The number of hydrogen-bond donors (Lipinski definition) is 1. The van der Waals surface area contributed by atoms with Gasteiger partial charge in [0, 0.05) is 11.8 Å². The number of hydrogen-bond acceptors (Lipinski definition) is 4. The molecule has 4 nitrogen and oxygen atoms in total. The Labute approximate surface area is 133 Å². The molecule has 1 aliphatic heterocycles. The lowest BCUT2D eigenvalue weighted by Gasteiger charge is -2.14. The molecule has 0 bridgehead atoms. The van der Waals surface area contributed by atoms with Crippen molar-refractivity contribution in [2.75, 3.05) is 19.0 Å². The van der Waals surface area contributed by atoms with E-state index in [2.05, 4.69) is 10.3 Å². The van der Waals surface area contributed by atoms with Gasteiger partial charge in [0.05, 0.1) is 13.2 Å². The molecule has 1 aromatic carbocycles. The van der Waals surface area contributed by atoms with Gasteiger partial charge in [-0.1, -0.05) is 13.8 Å². The quantitative estimate of drug-likeness (QED) is 0.888. The van der Waals surface area contributed by atoms with Crippen molar-refractivity contribution in [3.63, 3.8) is 0 Å². The summed E-state index contributed by atoms with van der Waals surface area (Å²) in [5.41, 5.74) is -0.626. The number of benzene rings is 1. The van der Waals surface area contributed by atoms with Crippen LogP contribution < -0.4 is 10.1 Å². The van der Waals surface area contributed by atoms with Crippen molar-refractivity contribution >= 4 is 11.6 Å². The Kier molecular flexibility index (Phi) is 5.18. The summed E-state index contributed by atoms with van der Waals surface area (Å²) in [6.45, 7) is 4.20. The third-order valence-corrected chi connectivity index (χ3v) is 3.41. The van der Waals surface area contributed by atoms with Crippen LogP contribution in [0.3, 0.4) is 0 Å². The van der Waals surface area contributed by atoms with Crippen LogP contribution in [0.1, 0.15) is 13.8 Å². The van der Waals surface area contributed by atoms with E-state index in [4.69, 9.17) is 9.47 Å². The van der Waals surface area contributed by atoms with E-state index in [-0.39, 0.29) is 17.9 Å². The molecule has 0 amide bonds. The second-order valence-corrected chi connectivity index (χ2v) is 5.50. The van der Waals surface area contributed by atoms with Gasteiger partial charge in [-0.3, -0.25) is 0 Å². The average Bonchev–Trinajstić information content (AvgIpc) is 2.95. The summed E-state index contributed by atoms with van der Waals surface area (Å²) >= 11 is 0. The van der Waals surface area contributed by atoms with Crippen LogP contribution in [0.2, 0.25) is 0 Å². The summed E-state index contributed by atoms with van der Waals surface area (Å²) in [6, 6.07) is 6.06. The zero-order chi connectivity index (χ0) is 17.0. The third kappa shape index (κ3) is 4.64. The number of halogens is 3. The van der Waals surface area contributed by atoms with Crippen LogP contribution in [0.25, 0.3) is 0 Å². The highest BCUT2D eigenvalue weighted by Crippen LogP contribution is 2.28. The molecule has 7 heteroatoms. The third-order valence-electron chi connectivity index (χ3n) is 3.41. The Morgan fingerprint density at radius 2 is 2.00 bits per heavy atom. The van der Waals surface area contributed by atoms with E-state index in [1.165, 1.54) is 19.2 Å². The molecule has 0 fully saturated rings. The van der Waals surface area contributed by atoms with Crippen LogP contribution in [0.15, 0.2) is 41.0 Å². The predicted molar refractivity (Wildman–Crippen MR) is 82.8 cm³/mol. The number of methoxy groups -OCH3 is 1. The average molecular weight is 328 g/mol. The van der Waals surface area contributed by atoms with E-state index in [1.54, 1.807) is 12.1 Å². The van der Waals surface area contributed by atoms with Crippen LogP contribution in [0.5, 0.6) is 5.75 Å². The number of ether oxygens (including phenoxy) is 2. The van der Waals surface area contributed by atoms with Gasteiger partial charge in [-0.15, -0.1) is 0 Å². The highest BCUT2D eigenvalue weighted by atomic mass is 19.4. The van der Waals surface area contributed by atoms with E-state index in [0.29, 0.717) is 18.0 Å². The van der Waals surface area contributed by atoms with Gasteiger partial charge in [-0.25, -0.2) is 4.99 Å². The molecule has 1 aliphatic rings. The van der Waals surface area contributed by atoms with Crippen molar-refractivity contribution in [2.24, 2.45) is 10.9 Å². The molecule has 0 saturated heterocycles. The minimum absolute atomic E-state index is 0.00274. The maximum atomic E-state index is 13.2. The summed E-state index contributed by atoms with van der Waals surface area (Å²) < 4.78 is 49.8. The van der Waals surface area contributed by atoms with E-state index in [1.807, 2.05) is 13.8 Å². The molecule has 0 unspecified atom stereocenters. The fourth-order valence-corrected chi connectivity index (χ4v) is 1.97. The van der Waals surface area contributed by atoms with Crippen LogP contribution in [-0.4, -0.2) is 31.8 Å². The van der Waals surface area contributed by atoms with Gasteiger partial charge < -0.3 is 14.8 Å². The van der Waals surface area contributed by atoms with Crippen LogP contribution >= 0.6 is 0 Å². The van der Waals surface area contributed by atoms with Gasteiger partial charge in [0.1, 0.15) is 18.1 Å². The molecule has 1 heterocycles. The van der Waals surface area contributed by atoms with Crippen molar-refractivity contribution < 1.29 is 22.6 Å². The lowest BCUT2D eigenvalue weighted by atomic mass is 10.1. The van der Waals surface area contributed by atoms with Gasteiger partial charge in [-0.2, -0.15) is 13.2 Å². The molecule has 1 atom stereocenters. The maximum Gasteiger partial charge on any atom is 0.431 e. The van der Waals surface area contributed by atoms with Gasteiger partial charge in [0.15, 0.2) is 0 Å². The van der Waals surface area contributed by atoms with Crippen molar-refractivity contribution in [1.29, 1.82) is 0 Å². The Balaban J connectivity index is 2.20. The first kappa shape index (κ1) is 17.2. The predicted octanol–water partition coefficient (Wildman–Crippen LogP) is 4.01. The summed E-state index contributed by atoms with van der Waals surface area (Å²) in [7, 11) is 1.49. The van der Waals surface area contributed by atoms with E-state index in [9.17, 15) is 13.2 Å². The lowest BCUT2D eigenvalue weighted by molar-refractivity contribution is -0.0902. The van der Waals surface area contributed by atoms with Gasteiger partial charge >= 0.3 is 6.18 Å². The minimum Gasteiger partial charge on any atom is -0.497 e. The molecule has 2 rings (SSSR count). The number of allylic oxidation sites excluding steroid dienone is 1. The number of alkyl halides is 3. The molecule has 0 aromatic heterocycles. The normalized spacial score (nSPS) is 18.7. The van der Waals surface area contributed by atoms with E-state index >= 15 is 0 Å². The standard InChI is InChI=1S/C16H19F3N2O2/c1-10(2)13-9-23-15(21-13)8-14(16(17,18)19)20-11-4-6-12(22-3)7-5-11/h4-8,10,13,20H,9H2,1-3H3/b14-8-/t13-/m1/s1. The molecular weight excluding hydrogens is 309 g/mol. The molecular formula is C16H19F3N2O2. The summed E-state index contributed by atoms with van der Waals surface area (Å²) in [5, 5.41) is 2.36. The highest BCUT2D eigenvalue weighted by molar-refractivity contribution is 5.90. The molecule has 0 saturated carbocycles. The first-order valence-electron chi connectivity index (χ1n) is 7.20. The first-order chi connectivity index (χ1) is 10.8. The molecule has 0 aliphatic carbocycles. The van der Waals surface area contributed by atoms with Crippen LogP contribution in [0, 0.1) is 5.92 Å². The zero-order valence-corrected chi connectivity index (χ0v) is 13.1.